The summed E-state index contributed by atoms with van der Waals surface area (Å²) in [5.74, 6) is 0.997. The van der Waals surface area contributed by atoms with Crippen LogP contribution < -0.4 is 10.6 Å². The molecule has 0 aliphatic heterocycles. The predicted octanol–water partition coefficient (Wildman–Crippen LogP) is 2.60. The van der Waals surface area contributed by atoms with Gasteiger partial charge in [0.15, 0.2) is 0 Å². The van der Waals surface area contributed by atoms with Crippen molar-refractivity contribution in [3.8, 4) is 0 Å². The third-order valence-electron chi connectivity index (χ3n) is 2.54. The zero-order chi connectivity index (χ0) is 11.6. The van der Waals surface area contributed by atoms with E-state index < -0.39 is 0 Å². The van der Waals surface area contributed by atoms with Crippen molar-refractivity contribution in [3.05, 3.63) is 17.8 Å². The van der Waals surface area contributed by atoms with Crippen LogP contribution in [0.25, 0.3) is 0 Å². The van der Waals surface area contributed by atoms with Gasteiger partial charge < -0.3 is 10.6 Å². The topological polar surface area (TPSA) is 42.1 Å². The molecule has 0 spiro atoms. The second-order valence-corrected chi connectivity index (χ2v) is 4.81. The van der Waals surface area contributed by atoms with Crippen molar-refractivity contribution in [2.24, 2.45) is 0 Å². The number of aromatic nitrogens is 1. The third-order valence-corrected chi connectivity index (χ3v) is 2.54. The molecular weight excluding hydrogens is 186 g/mol. The maximum atomic E-state index is 5.76. The third kappa shape index (κ3) is 2.61. The van der Waals surface area contributed by atoms with E-state index in [1.165, 1.54) is 0 Å². The first-order chi connectivity index (χ1) is 6.86. The second-order valence-electron chi connectivity index (χ2n) is 4.81. The smallest absolute Gasteiger partial charge is 0.129 e. The maximum absolute atomic E-state index is 5.76. The summed E-state index contributed by atoms with van der Waals surface area (Å²) in [5.41, 5.74) is 7.69. The molecule has 84 valence electrons. The molecule has 3 nitrogen and oxygen atoms in total. The van der Waals surface area contributed by atoms with Crippen LogP contribution in [-0.4, -0.2) is 17.1 Å². The average Bonchev–Trinajstić information content (AvgIpc) is 2.10. The number of nitrogens with two attached hydrogens (primary N) is 1. The molecule has 0 unspecified atom stereocenters. The van der Waals surface area contributed by atoms with Crippen molar-refractivity contribution >= 4 is 11.5 Å². The van der Waals surface area contributed by atoms with Crippen LogP contribution in [0.15, 0.2) is 12.3 Å². The fourth-order valence-corrected chi connectivity index (χ4v) is 1.68. The van der Waals surface area contributed by atoms with Gasteiger partial charge in [-0.15, -0.1) is 0 Å². The van der Waals surface area contributed by atoms with Gasteiger partial charge in [-0.05, 0) is 46.2 Å². The van der Waals surface area contributed by atoms with Gasteiger partial charge in [-0.2, -0.15) is 0 Å². The summed E-state index contributed by atoms with van der Waals surface area (Å²) in [6.45, 7) is 11.6. The Morgan fingerprint density at radius 2 is 2.00 bits per heavy atom. The van der Waals surface area contributed by atoms with E-state index in [0.29, 0.717) is 0 Å². The number of nitrogens with zero attached hydrogens (tertiary/aromatic N) is 2. The van der Waals surface area contributed by atoms with Crippen LogP contribution in [0.4, 0.5) is 11.5 Å². The number of hydrogen-bond acceptors (Lipinski definition) is 3. The van der Waals surface area contributed by atoms with Gasteiger partial charge in [-0.3, -0.25) is 0 Å². The van der Waals surface area contributed by atoms with Gasteiger partial charge in [0.2, 0.25) is 0 Å². The molecule has 1 aromatic heterocycles. The van der Waals surface area contributed by atoms with Crippen LogP contribution in [-0.2, 0) is 0 Å². The Hall–Kier alpha value is -1.25. The summed E-state index contributed by atoms with van der Waals surface area (Å²) in [5, 5.41) is 0. The Balaban J connectivity index is 3.08. The first-order valence-corrected chi connectivity index (χ1v) is 5.36. The molecule has 0 aliphatic carbocycles. The summed E-state index contributed by atoms with van der Waals surface area (Å²) in [6.07, 6.45) is 1.74. The van der Waals surface area contributed by atoms with Gasteiger partial charge in [0, 0.05) is 12.1 Å². The lowest BCUT2D eigenvalue weighted by Gasteiger charge is -2.36. The normalized spacial score (nSPS) is 11.5. The van der Waals surface area contributed by atoms with Gasteiger partial charge in [-0.25, -0.2) is 4.98 Å². The van der Waals surface area contributed by atoms with Gasteiger partial charge in [0.25, 0.3) is 0 Å². The number of pyridine rings is 1. The summed E-state index contributed by atoms with van der Waals surface area (Å²) in [7, 11) is 0. The number of aryl methyl sites for hydroxylation is 1. The Morgan fingerprint density at radius 1 is 1.40 bits per heavy atom. The molecule has 1 heterocycles. The molecule has 0 atom stereocenters. The van der Waals surface area contributed by atoms with E-state index in [-0.39, 0.29) is 5.54 Å². The lowest BCUT2D eigenvalue weighted by molar-refractivity contribution is 0.508. The minimum Gasteiger partial charge on any atom is -0.397 e. The summed E-state index contributed by atoms with van der Waals surface area (Å²) in [4.78, 5) is 6.64. The van der Waals surface area contributed by atoms with E-state index in [9.17, 15) is 0 Å². The standard InChI is InChI=1S/C12H21N3/c1-6-15(12(3,4)5)11-7-9(2)10(13)8-14-11/h7-8H,6,13H2,1-5H3. The highest BCUT2D eigenvalue weighted by molar-refractivity contribution is 5.53. The summed E-state index contributed by atoms with van der Waals surface area (Å²) >= 11 is 0. The van der Waals surface area contributed by atoms with Crippen molar-refractivity contribution in [1.82, 2.24) is 4.98 Å². The second kappa shape index (κ2) is 4.09. The molecule has 1 aromatic rings. The summed E-state index contributed by atoms with van der Waals surface area (Å²) in [6, 6.07) is 2.05. The lowest BCUT2D eigenvalue weighted by Crippen LogP contribution is -2.41. The Morgan fingerprint density at radius 3 is 2.40 bits per heavy atom. The molecule has 0 amide bonds. The van der Waals surface area contributed by atoms with Crippen LogP contribution in [0.2, 0.25) is 0 Å². The molecule has 0 radical (unpaired) electrons. The fourth-order valence-electron chi connectivity index (χ4n) is 1.68. The van der Waals surface area contributed by atoms with E-state index in [0.717, 1.165) is 23.6 Å². The fraction of sp³-hybridized carbons (Fsp3) is 0.583. The Kier molecular flexibility index (Phi) is 3.22. The molecule has 0 bridgehead atoms. The average molecular weight is 207 g/mol. The number of nitrogen functional groups attached to an aromatic ring is 1. The maximum Gasteiger partial charge on any atom is 0.129 e. The highest BCUT2D eigenvalue weighted by atomic mass is 15.2. The molecule has 0 saturated carbocycles. The van der Waals surface area contributed by atoms with Crippen LogP contribution in [0.1, 0.15) is 33.3 Å². The lowest BCUT2D eigenvalue weighted by atomic mass is 10.1. The zero-order valence-electron chi connectivity index (χ0n) is 10.3. The minimum absolute atomic E-state index is 0.0876. The van der Waals surface area contributed by atoms with Crippen LogP contribution in [0, 0.1) is 6.92 Å². The van der Waals surface area contributed by atoms with Crippen LogP contribution >= 0.6 is 0 Å². The molecule has 15 heavy (non-hydrogen) atoms. The predicted molar refractivity (Wildman–Crippen MR) is 66.2 cm³/mol. The highest BCUT2D eigenvalue weighted by Gasteiger charge is 2.21. The Bertz CT molecular complexity index is 339. The molecule has 3 heteroatoms. The van der Waals surface area contributed by atoms with Crippen LogP contribution in [0.5, 0.6) is 0 Å². The Labute approximate surface area is 92.3 Å². The van der Waals surface area contributed by atoms with Crippen LogP contribution in [0.3, 0.4) is 0 Å². The number of hydrogen-bond donors (Lipinski definition) is 1. The first-order valence-electron chi connectivity index (χ1n) is 5.36. The molecule has 1 rings (SSSR count). The molecule has 0 aliphatic rings. The molecular formula is C12H21N3. The van der Waals surface area contributed by atoms with E-state index in [2.05, 4.69) is 37.6 Å². The number of rotatable bonds is 2. The highest BCUT2D eigenvalue weighted by Crippen LogP contribution is 2.23. The molecule has 2 N–H and O–H groups in total. The molecule has 0 fully saturated rings. The van der Waals surface area contributed by atoms with Gasteiger partial charge >= 0.3 is 0 Å². The van der Waals surface area contributed by atoms with E-state index >= 15 is 0 Å². The van der Waals surface area contributed by atoms with Gasteiger partial charge in [-0.1, -0.05) is 0 Å². The molecule has 0 aromatic carbocycles. The van der Waals surface area contributed by atoms with Crippen molar-refractivity contribution in [2.75, 3.05) is 17.2 Å². The van der Waals surface area contributed by atoms with Crippen molar-refractivity contribution in [2.45, 2.75) is 40.2 Å². The van der Waals surface area contributed by atoms with Crippen molar-refractivity contribution in [1.29, 1.82) is 0 Å². The van der Waals surface area contributed by atoms with Gasteiger partial charge in [0.05, 0.1) is 11.9 Å². The van der Waals surface area contributed by atoms with E-state index in [1.54, 1.807) is 6.20 Å². The van der Waals surface area contributed by atoms with Gasteiger partial charge in [0.1, 0.15) is 5.82 Å². The van der Waals surface area contributed by atoms with E-state index in [4.69, 9.17) is 5.73 Å². The van der Waals surface area contributed by atoms with Crippen molar-refractivity contribution in [3.63, 3.8) is 0 Å². The first kappa shape index (κ1) is 11.8. The largest absolute Gasteiger partial charge is 0.397 e. The summed E-state index contributed by atoms with van der Waals surface area (Å²) < 4.78 is 0. The minimum atomic E-state index is 0.0876. The quantitative estimate of drug-likeness (QED) is 0.810. The van der Waals surface area contributed by atoms with Crippen molar-refractivity contribution < 1.29 is 0 Å². The number of anilines is 2. The van der Waals surface area contributed by atoms with E-state index in [1.807, 2.05) is 13.0 Å². The SMILES string of the molecule is CCN(c1cc(C)c(N)cn1)C(C)(C)C. The molecule has 0 saturated heterocycles. The monoisotopic (exact) mass is 207 g/mol. The zero-order valence-corrected chi connectivity index (χ0v) is 10.3.